The monoisotopic (exact) mass is 381 g/mol. The third-order valence-electron chi connectivity index (χ3n) is 4.88. The minimum Gasteiger partial charge on any atom is -0.268 e. The number of hydrogen-bond donors (Lipinski definition) is 1. The molecule has 1 aliphatic heterocycles. The zero-order chi connectivity index (χ0) is 19.0. The summed E-state index contributed by atoms with van der Waals surface area (Å²) in [6, 6.07) is 16.1. The van der Waals surface area contributed by atoms with Crippen molar-refractivity contribution in [2.45, 2.75) is 24.8 Å². The second-order valence-corrected chi connectivity index (χ2v) is 8.55. The van der Waals surface area contributed by atoms with Gasteiger partial charge < -0.3 is 0 Å². The van der Waals surface area contributed by atoms with Gasteiger partial charge in [0.1, 0.15) is 0 Å². The number of aromatic amines is 1. The van der Waals surface area contributed by atoms with Crippen LogP contribution in [0.5, 0.6) is 0 Å². The Labute approximate surface area is 157 Å². The van der Waals surface area contributed by atoms with Gasteiger partial charge in [-0.3, -0.25) is 4.79 Å². The van der Waals surface area contributed by atoms with E-state index in [1.807, 2.05) is 24.3 Å². The van der Waals surface area contributed by atoms with Crippen LogP contribution in [-0.2, 0) is 23.0 Å². The van der Waals surface area contributed by atoms with E-state index in [0.717, 1.165) is 5.56 Å². The van der Waals surface area contributed by atoms with Crippen molar-refractivity contribution < 1.29 is 8.42 Å². The van der Waals surface area contributed by atoms with Gasteiger partial charge in [0.05, 0.1) is 10.6 Å². The van der Waals surface area contributed by atoms with Gasteiger partial charge in [0.25, 0.3) is 5.56 Å². The second-order valence-electron chi connectivity index (χ2n) is 6.64. The molecule has 27 heavy (non-hydrogen) atoms. The van der Waals surface area contributed by atoms with Gasteiger partial charge in [0, 0.05) is 24.7 Å². The fourth-order valence-electron chi connectivity index (χ4n) is 3.36. The molecular weight excluding hydrogens is 362 g/mol. The van der Waals surface area contributed by atoms with Crippen molar-refractivity contribution in [3.05, 3.63) is 81.6 Å². The molecule has 0 saturated heterocycles. The summed E-state index contributed by atoms with van der Waals surface area (Å²) in [5.41, 5.74) is 3.80. The Balaban J connectivity index is 1.73. The zero-order valence-electron chi connectivity index (χ0n) is 14.8. The standard InChI is InChI=1S/C20H19N3O3S/c1-14-6-7-16(18-8-9-20(24)22-21-18)12-19(14)27(25,26)23-11-10-15-4-2-3-5-17(15)13-23/h2-9,12H,10-11,13H2,1H3,(H,22,24). The number of sulfonamides is 1. The molecule has 0 fully saturated rings. The fraction of sp³-hybridized carbons (Fsp3) is 0.200. The number of H-pyrrole nitrogens is 1. The van der Waals surface area contributed by atoms with Crippen LogP contribution in [-0.4, -0.2) is 29.5 Å². The lowest BCUT2D eigenvalue weighted by Crippen LogP contribution is -2.36. The normalized spacial score (nSPS) is 14.7. The molecule has 0 saturated carbocycles. The van der Waals surface area contributed by atoms with E-state index >= 15 is 0 Å². The number of aromatic nitrogens is 2. The summed E-state index contributed by atoms with van der Waals surface area (Å²) in [5.74, 6) is 0. The maximum Gasteiger partial charge on any atom is 0.264 e. The highest BCUT2D eigenvalue weighted by molar-refractivity contribution is 7.89. The highest BCUT2D eigenvalue weighted by atomic mass is 32.2. The number of aryl methyl sites for hydroxylation is 1. The Morgan fingerprint density at radius 2 is 1.81 bits per heavy atom. The lowest BCUT2D eigenvalue weighted by Gasteiger charge is -2.28. The van der Waals surface area contributed by atoms with E-state index < -0.39 is 10.0 Å². The van der Waals surface area contributed by atoms with Gasteiger partial charge in [0.2, 0.25) is 10.0 Å². The maximum atomic E-state index is 13.3. The fourth-order valence-corrected chi connectivity index (χ4v) is 5.03. The number of nitrogens with one attached hydrogen (secondary N) is 1. The highest BCUT2D eigenvalue weighted by Gasteiger charge is 2.29. The van der Waals surface area contributed by atoms with Crippen LogP contribution in [0.1, 0.15) is 16.7 Å². The third kappa shape index (κ3) is 3.31. The Bertz CT molecular complexity index is 1150. The van der Waals surface area contributed by atoms with Crippen molar-refractivity contribution in [2.24, 2.45) is 0 Å². The van der Waals surface area contributed by atoms with Crippen LogP contribution in [0.25, 0.3) is 11.3 Å². The van der Waals surface area contributed by atoms with Crippen molar-refractivity contribution in [1.82, 2.24) is 14.5 Å². The lowest BCUT2D eigenvalue weighted by molar-refractivity contribution is 0.391. The van der Waals surface area contributed by atoms with Gasteiger partial charge in [-0.05, 0) is 42.2 Å². The van der Waals surface area contributed by atoms with Gasteiger partial charge in [-0.2, -0.15) is 9.40 Å². The van der Waals surface area contributed by atoms with E-state index in [1.165, 1.54) is 15.9 Å². The molecule has 4 rings (SSSR count). The molecule has 2 heterocycles. The Morgan fingerprint density at radius 3 is 2.56 bits per heavy atom. The number of benzene rings is 2. The molecule has 1 aliphatic rings. The topological polar surface area (TPSA) is 83.1 Å². The molecule has 6 nitrogen and oxygen atoms in total. The van der Waals surface area contributed by atoms with Crippen LogP contribution in [0.15, 0.2) is 64.3 Å². The molecule has 1 N–H and O–H groups in total. The first kappa shape index (κ1) is 17.6. The first-order chi connectivity index (χ1) is 12.9. The third-order valence-corrected chi connectivity index (χ3v) is 6.86. The average molecular weight is 381 g/mol. The van der Waals surface area contributed by atoms with Gasteiger partial charge in [-0.1, -0.05) is 36.4 Å². The van der Waals surface area contributed by atoms with Gasteiger partial charge in [0.15, 0.2) is 0 Å². The molecule has 1 aromatic heterocycles. The number of nitrogens with zero attached hydrogens (tertiary/aromatic N) is 2. The molecule has 138 valence electrons. The van der Waals surface area contributed by atoms with Gasteiger partial charge in [-0.15, -0.1) is 0 Å². The first-order valence-electron chi connectivity index (χ1n) is 8.69. The molecule has 0 unspecified atom stereocenters. The number of hydrogen-bond acceptors (Lipinski definition) is 4. The summed E-state index contributed by atoms with van der Waals surface area (Å²) in [6.45, 7) is 2.62. The van der Waals surface area contributed by atoms with Crippen molar-refractivity contribution in [3.63, 3.8) is 0 Å². The molecule has 0 aliphatic carbocycles. The molecule has 0 amide bonds. The molecular formula is C20H19N3O3S. The van der Waals surface area contributed by atoms with Crippen LogP contribution in [0.4, 0.5) is 0 Å². The predicted molar refractivity (Wildman–Crippen MR) is 103 cm³/mol. The summed E-state index contributed by atoms with van der Waals surface area (Å²) in [4.78, 5) is 11.5. The largest absolute Gasteiger partial charge is 0.268 e. The summed E-state index contributed by atoms with van der Waals surface area (Å²) in [5, 5.41) is 6.38. The molecule has 0 atom stereocenters. The van der Waals surface area contributed by atoms with E-state index in [4.69, 9.17) is 0 Å². The SMILES string of the molecule is Cc1ccc(-c2ccc(=O)[nH]n2)cc1S(=O)(=O)N1CCc2ccccc2C1. The van der Waals surface area contributed by atoms with E-state index in [0.29, 0.717) is 36.3 Å². The average Bonchev–Trinajstić information content (AvgIpc) is 2.68. The Kier molecular flexibility index (Phi) is 4.41. The van der Waals surface area contributed by atoms with Crippen molar-refractivity contribution in [1.29, 1.82) is 0 Å². The molecule has 0 bridgehead atoms. The molecule has 0 spiro atoms. The predicted octanol–water partition coefficient (Wildman–Crippen LogP) is 2.49. The van der Waals surface area contributed by atoms with Gasteiger partial charge in [-0.25, -0.2) is 13.5 Å². The quantitative estimate of drug-likeness (QED) is 0.756. The number of fused-ring (bicyclic) bond motifs is 1. The smallest absolute Gasteiger partial charge is 0.264 e. The summed E-state index contributed by atoms with van der Waals surface area (Å²) < 4.78 is 28.1. The Morgan fingerprint density at radius 1 is 1.04 bits per heavy atom. The molecule has 0 radical (unpaired) electrons. The van der Waals surface area contributed by atoms with Crippen LogP contribution in [0, 0.1) is 6.92 Å². The van der Waals surface area contributed by atoms with E-state index in [2.05, 4.69) is 10.2 Å². The molecule has 3 aromatic rings. The first-order valence-corrected chi connectivity index (χ1v) is 10.1. The highest BCUT2D eigenvalue weighted by Crippen LogP contribution is 2.29. The molecule has 7 heteroatoms. The maximum absolute atomic E-state index is 13.3. The van der Waals surface area contributed by atoms with E-state index in [-0.39, 0.29) is 10.5 Å². The minimum atomic E-state index is -3.64. The van der Waals surface area contributed by atoms with E-state index in [1.54, 1.807) is 31.2 Å². The van der Waals surface area contributed by atoms with Crippen LogP contribution >= 0.6 is 0 Å². The van der Waals surface area contributed by atoms with Crippen molar-refractivity contribution in [2.75, 3.05) is 6.54 Å². The zero-order valence-corrected chi connectivity index (χ0v) is 15.7. The summed E-state index contributed by atoms with van der Waals surface area (Å²) in [6.07, 6.45) is 0.704. The minimum absolute atomic E-state index is 0.271. The Hall–Kier alpha value is -2.77. The van der Waals surface area contributed by atoms with Crippen molar-refractivity contribution in [3.8, 4) is 11.3 Å². The van der Waals surface area contributed by atoms with Crippen LogP contribution < -0.4 is 5.56 Å². The lowest BCUT2D eigenvalue weighted by atomic mass is 10.0. The van der Waals surface area contributed by atoms with Gasteiger partial charge >= 0.3 is 0 Å². The van der Waals surface area contributed by atoms with Crippen LogP contribution in [0.2, 0.25) is 0 Å². The molecule has 2 aromatic carbocycles. The van der Waals surface area contributed by atoms with Crippen LogP contribution in [0.3, 0.4) is 0 Å². The number of rotatable bonds is 3. The second kappa shape index (κ2) is 6.75. The van der Waals surface area contributed by atoms with E-state index in [9.17, 15) is 13.2 Å². The summed E-state index contributed by atoms with van der Waals surface area (Å²) in [7, 11) is -3.64. The summed E-state index contributed by atoms with van der Waals surface area (Å²) >= 11 is 0. The van der Waals surface area contributed by atoms with Crippen molar-refractivity contribution >= 4 is 10.0 Å².